The summed E-state index contributed by atoms with van der Waals surface area (Å²) in [5.41, 5.74) is 0.683. The lowest BCUT2D eigenvalue weighted by Gasteiger charge is -2.57. The van der Waals surface area contributed by atoms with E-state index >= 15 is 0 Å². The molecule has 1 saturated heterocycles. The van der Waals surface area contributed by atoms with E-state index in [-0.39, 0.29) is 35.0 Å². The fourth-order valence-corrected chi connectivity index (χ4v) is 4.47. The van der Waals surface area contributed by atoms with Crippen LogP contribution in [0.5, 0.6) is 0 Å². The van der Waals surface area contributed by atoms with Crippen LogP contribution >= 0.6 is 0 Å². The first-order chi connectivity index (χ1) is 11.8. The minimum atomic E-state index is -0.746. The quantitative estimate of drug-likeness (QED) is 0.854. The third-order valence-corrected chi connectivity index (χ3v) is 5.66. The summed E-state index contributed by atoms with van der Waals surface area (Å²) in [6.45, 7) is 6.68. The molecule has 3 rings (SSSR count). The van der Waals surface area contributed by atoms with Gasteiger partial charge in [0.2, 0.25) is 0 Å². The second-order valence-electron chi connectivity index (χ2n) is 7.54. The van der Waals surface area contributed by atoms with Gasteiger partial charge in [-0.2, -0.15) is 0 Å². The zero-order valence-electron chi connectivity index (χ0n) is 15.1. The van der Waals surface area contributed by atoms with Crippen molar-refractivity contribution in [3.63, 3.8) is 0 Å². The van der Waals surface area contributed by atoms with Gasteiger partial charge in [-0.3, -0.25) is 9.59 Å². The average molecular weight is 348 g/mol. The van der Waals surface area contributed by atoms with Gasteiger partial charge in [0.05, 0.1) is 6.10 Å². The lowest BCUT2D eigenvalue weighted by atomic mass is 9.57. The van der Waals surface area contributed by atoms with Gasteiger partial charge >= 0.3 is 11.8 Å². The molecule has 1 saturated carbocycles. The fourth-order valence-electron chi connectivity index (χ4n) is 4.47. The van der Waals surface area contributed by atoms with Crippen LogP contribution in [0.2, 0.25) is 0 Å². The summed E-state index contributed by atoms with van der Waals surface area (Å²) in [6.07, 6.45) is 1.62. The number of anilines is 1. The monoisotopic (exact) mass is 348 g/mol. The number of nitrogens with zero attached hydrogens (tertiary/aromatic N) is 1. The minimum Gasteiger partial charge on any atom is -0.377 e. The van der Waals surface area contributed by atoms with Crippen molar-refractivity contribution in [2.75, 3.05) is 19.0 Å². The fraction of sp³-hybridized carbons (Fsp3) is 0.579. The maximum atomic E-state index is 13.8. The van der Waals surface area contributed by atoms with Crippen LogP contribution in [0.4, 0.5) is 10.1 Å². The molecule has 1 aromatic carbocycles. The molecule has 0 bridgehead atoms. The number of ether oxygens (including phenoxy) is 1. The maximum absolute atomic E-state index is 13.8. The van der Waals surface area contributed by atoms with Crippen LogP contribution in [0, 0.1) is 17.2 Å². The summed E-state index contributed by atoms with van der Waals surface area (Å²) >= 11 is 0. The van der Waals surface area contributed by atoms with E-state index in [0.29, 0.717) is 18.6 Å². The Labute approximate surface area is 147 Å². The van der Waals surface area contributed by atoms with Crippen LogP contribution < -0.4 is 5.32 Å². The normalized spacial score (nSPS) is 26.5. The third-order valence-electron chi connectivity index (χ3n) is 5.66. The summed E-state index contributed by atoms with van der Waals surface area (Å²) in [4.78, 5) is 26.4. The minimum absolute atomic E-state index is 0.0301. The molecule has 25 heavy (non-hydrogen) atoms. The second kappa shape index (κ2) is 6.41. The molecule has 2 aliphatic rings. The van der Waals surface area contributed by atoms with Gasteiger partial charge in [-0.15, -0.1) is 0 Å². The van der Waals surface area contributed by atoms with Gasteiger partial charge in [-0.05, 0) is 30.5 Å². The number of aryl methyl sites for hydroxylation is 1. The van der Waals surface area contributed by atoms with Crippen molar-refractivity contribution in [3.8, 4) is 0 Å². The summed E-state index contributed by atoms with van der Waals surface area (Å²) in [7, 11) is 1.66. The van der Waals surface area contributed by atoms with Crippen LogP contribution in [-0.4, -0.2) is 42.5 Å². The van der Waals surface area contributed by atoms with Crippen LogP contribution in [0.3, 0.4) is 0 Å². The van der Waals surface area contributed by atoms with Crippen molar-refractivity contribution < 1.29 is 18.7 Å². The maximum Gasteiger partial charge on any atom is 0.313 e. The Hall–Kier alpha value is -1.95. The third kappa shape index (κ3) is 2.92. The number of halogens is 1. The van der Waals surface area contributed by atoms with E-state index in [1.807, 2.05) is 6.92 Å². The molecule has 3 atom stereocenters. The number of rotatable bonds is 3. The number of carbonyl (C=O) groups is 2. The van der Waals surface area contributed by atoms with Crippen molar-refractivity contribution in [1.82, 2.24) is 4.90 Å². The number of carbonyl (C=O) groups excluding carboxylic acids is 2. The lowest BCUT2D eigenvalue weighted by Crippen LogP contribution is -2.67. The number of likely N-dealkylation sites (N-methyl/N-ethyl adjacent to an activating group) is 1. The van der Waals surface area contributed by atoms with Crippen molar-refractivity contribution in [1.29, 1.82) is 0 Å². The number of nitrogens with one attached hydrogen (secondary N) is 1. The van der Waals surface area contributed by atoms with Gasteiger partial charge in [0.15, 0.2) is 0 Å². The van der Waals surface area contributed by atoms with E-state index in [0.717, 1.165) is 6.42 Å². The summed E-state index contributed by atoms with van der Waals surface area (Å²) < 4.78 is 19.6. The molecule has 5 nitrogen and oxygen atoms in total. The Bertz CT molecular complexity index is 704. The van der Waals surface area contributed by atoms with Crippen molar-refractivity contribution in [2.45, 2.75) is 45.8 Å². The molecule has 3 unspecified atom stereocenters. The molecular formula is C19H25FN2O3. The number of fused-ring (bicyclic) bond motifs is 1. The van der Waals surface area contributed by atoms with Crippen LogP contribution in [0.15, 0.2) is 18.2 Å². The van der Waals surface area contributed by atoms with E-state index in [4.69, 9.17) is 4.74 Å². The van der Waals surface area contributed by atoms with Gasteiger partial charge in [0.1, 0.15) is 5.82 Å². The van der Waals surface area contributed by atoms with Gasteiger partial charge in [-0.1, -0.05) is 26.8 Å². The van der Waals surface area contributed by atoms with E-state index in [9.17, 15) is 14.0 Å². The summed E-state index contributed by atoms with van der Waals surface area (Å²) in [5.74, 6) is -1.46. The van der Waals surface area contributed by atoms with Crippen LogP contribution in [0.1, 0.15) is 32.8 Å². The highest BCUT2D eigenvalue weighted by Gasteiger charge is 2.61. The van der Waals surface area contributed by atoms with Crippen molar-refractivity contribution >= 4 is 17.5 Å². The standard InChI is InChI=1S/C19H25FN2O3/c1-5-11-6-7-12(10-14(11)20)21-17(23)18(24)22(4)15-13-8-9-25-16(13)19(15,2)3/h6-7,10,13,15-16H,5,8-9H2,1-4H3,(H,21,23). The van der Waals surface area contributed by atoms with Crippen LogP contribution in [0.25, 0.3) is 0 Å². The molecule has 2 amide bonds. The Morgan fingerprint density at radius 1 is 1.40 bits per heavy atom. The van der Waals surface area contributed by atoms with Gasteiger partial charge in [0, 0.05) is 36.7 Å². The zero-order chi connectivity index (χ0) is 18.4. The van der Waals surface area contributed by atoms with Crippen LogP contribution in [-0.2, 0) is 20.7 Å². The molecular weight excluding hydrogens is 323 g/mol. The highest BCUT2D eigenvalue weighted by Crippen LogP contribution is 2.54. The molecule has 0 spiro atoms. The summed E-state index contributed by atoms with van der Waals surface area (Å²) in [5, 5.41) is 2.50. The molecule has 1 aromatic rings. The molecule has 2 fully saturated rings. The number of benzene rings is 1. The molecule has 1 aliphatic carbocycles. The predicted molar refractivity (Wildman–Crippen MR) is 92.6 cm³/mol. The van der Waals surface area contributed by atoms with Crippen molar-refractivity contribution in [3.05, 3.63) is 29.6 Å². The van der Waals surface area contributed by atoms with Gasteiger partial charge in [0.25, 0.3) is 0 Å². The Morgan fingerprint density at radius 3 is 2.76 bits per heavy atom. The number of amides is 2. The molecule has 0 radical (unpaired) electrons. The molecule has 1 aliphatic heterocycles. The Kier molecular flexibility index (Phi) is 4.58. The molecule has 1 heterocycles. The molecule has 136 valence electrons. The molecule has 0 aromatic heterocycles. The Balaban J connectivity index is 1.68. The molecule has 6 heteroatoms. The van der Waals surface area contributed by atoms with Gasteiger partial charge in [-0.25, -0.2) is 4.39 Å². The first-order valence-electron chi connectivity index (χ1n) is 8.75. The Morgan fingerprint density at radius 2 is 2.12 bits per heavy atom. The van der Waals surface area contributed by atoms with E-state index in [2.05, 4.69) is 19.2 Å². The first kappa shape index (κ1) is 17.9. The second-order valence-corrected chi connectivity index (χ2v) is 7.54. The van der Waals surface area contributed by atoms with Gasteiger partial charge < -0.3 is 15.0 Å². The highest BCUT2D eigenvalue weighted by molar-refractivity contribution is 6.39. The first-order valence-corrected chi connectivity index (χ1v) is 8.75. The topological polar surface area (TPSA) is 58.6 Å². The zero-order valence-corrected chi connectivity index (χ0v) is 15.1. The highest BCUT2D eigenvalue weighted by atomic mass is 19.1. The lowest BCUT2D eigenvalue weighted by molar-refractivity contribution is -0.169. The van der Waals surface area contributed by atoms with E-state index in [1.165, 1.54) is 11.0 Å². The average Bonchev–Trinajstić information content (AvgIpc) is 3.00. The van der Waals surface area contributed by atoms with E-state index in [1.54, 1.807) is 19.2 Å². The largest absolute Gasteiger partial charge is 0.377 e. The van der Waals surface area contributed by atoms with Crippen molar-refractivity contribution in [2.24, 2.45) is 11.3 Å². The van der Waals surface area contributed by atoms with E-state index < -0.39 is 11.8 Å². The predicted octanol–water partition coefficient (Wildman–Crippen LogP) is 2.60. The smallest absolute Gasteiger partial charge is 0.313 e. The SMILES string of the molecule is CCc1ccc(NC(=O)C(=O)N(C)C2C3CCOC3C2(C)C)cc1F. The summed E-state index contributed by atoms with van der Waals surface area (Å²) in [6, 6.07) is 4.45. The molecule has 1 N–H and O–H groups in total. The number of hydrogen-bond acceptors (Lipinski definition) is 3. The number of hydrogen-bond donors (Lipinski definition) is 1.